The molecule has 3 saturated heterocycles. The molecule has 4 N–H and O–H groups in total. The van der Waals surface area contributed by atoms with Crippen molar-refractivity contribution in [3.63, 3.8) is 0 Å². The lowest BCUT2D eigenvalue weighted by atomic mass is 9.75. The quantitative estimate of drug-likeness (QED) is 0.265. The maximum absolute atomic E-state index is 14.2. The monoisotopic (exact) mass is 838 g/mol. The van der Waals surface area contributed by atoms with Crippen molar-refractivity contribution in [3.8, 4) is 0 Å². The summed E-state index contributed by atoms with van der Waals surface area (Å²) in [6.07, 6.45) is -9.07. The van der Waals surface area contributed by atoms with Crippen molar-refractivity contribution in [2.24, 2.45) is 29.6 Å². The first-order valence-corrected chi connectivity index (χ1v) is 20.9. The maximum atomic E-state index is 14.2. The van der Waals surface area contributed by atoms with Crippen LogP contribution in [0.3, 0.4) is 0 Å². The normalized spacial score (nSPS) is 46.1. The fourth-order valence-electron chi connectivity index (χ4n) is 9.56. The first kappa shape index (κ1) is 47.6. The molecule has 0 aromatic heterocycles. The van der Waals surface area contributed by atoms with Crippen LogP contribution in [0.2, 0.25) is 0 Å². The number of ketones is 1. The van der Waals surface area contributed by atoms with Crippen LogP contribution in [0.1, 0.15) is 75.2 Å². The molecular weight excluding hydrogens is 768 g/mol. The minimum atomic E-state index is -1.85. The number of rotatable bonds is 9. The summed E-state index contributed by atoms with van der Waals surface area (Å²) < 4.78 is 49.7. The van der Waals surface area contributed by atoms with Gasteiger partial charge in [0.25, 0.3) is 6.48 Å². The molecule has 1 aromatic rings. The first-order chi connectivity index (χ1) is 27.5. The van der Waals surface area contributed by atoms with Gasteiger partial charge in [-0.05, 0) is 59.6 Å². The van der Waals surface area contributed by atoms with Gasteiger partial charge in [0.1, 0.15) is 29.7 Å². The number of hydrogen-bond acceptors (Lipinski definition) is 16. The summed E-state index contributed by atoms with van der Waals surface area (Å²) in [4.78, 5) is 32.3. The Morgan fingerprint density at radius 3 is 2.05 bits per heavy atom. The van der Waals surface area contributed by atoms with E-state index < -0.39 is 114 Å². The van der Waals surface area contributed by atoms with E-state index in [2.05, 4.69) is 0 Å². The molecule has 19 atom stereocenters. The van der Waals surface area contributed by atoms with Gasteiger partial charge < -0.3 is 63.4 Å². The number of Topliss-reactive ketones (excluding diaryl/α,β-unsaturated/α-hetero) is 1. The van der Waals surface area contributed by atoms with E-state index in [1.165, 1.54) is 14.2 Å². The molecule has 336 valence electrons. The lowest BCUT2D eigenvalue weighted by Gasteiger charge is -2.49. The Hall–Kier alpha value is -2.48. The van der Waals surface area contributed by atoms with Crippen LogP contribution in [-0.2, 0) is 47.5 Å². The Morgan fingerprint density at radius 2 is 1.46 bits per heavy atom. The van der Waals surface area contributed by atoms with E-state index in [1.54, 1.807) is 55.4 Å². The standard InChI is InChI=1S/C43H70N2O14/c1-21-20-41(8,52-13)36(58-39-32(47)30(19-22(2)54-39)45(12)29-18-16-15-17-28(29)44(10)11)24(4)33(56-40-55-27(7)35(49)42(9,53-14)59-40)25(5)38(50)57-37-26(6)43(37,51)34(48)23(3)31(21)46/h15-18,21-27,30,32-37,39-40,47-49,51H,19-20H2,1-14H3/t21-,22-,23+,24+,25-,26?,27+,30+,32-,33+,34-,35+,36-,37-,39+,40+,41+,42-,43+/m1/s1. The van der Waals surface area contributed by atoms with Crippen LogP contribution in [0.25, 0.3) is 0 Å². The number of aliphatic hydroxyl groups excluding tert-OH is 3. The van der Waals surface area contributed by atoms with Crippen LogP contribution in [-0.4, -0.2) is 152 Å². The highest BCUT2D eigenvalue weighted by molar-refractivity contribution is 5.84. The highest BCUT2D eigenvalue weighted by atomic mass is 16.9. The van der Waals surface area contributed by atoms with Crippen LogP contribution in [0.15, 0.2) is 24.3 Å². The number of aliphatic hydroxyl groups is 4. The Balaban J connectivity index is 1.59. The maximum Gasteiger partial charge on any atom is 0.311 e. The molecule has 0 amide bonds. The number of carbonyl (C=O) groups excluding carboxylic acids is 2. The average Bonchev–Trinajstić information content (AvgIpc) is 3.73. The molecule has 0 bridgehead atoms. The number of methoxy groups -OCH3 is 2. The SMILES string of the molecule is CO[C@]1(C)O[C@H](O[C@H]2[C@H](C)[C@@H](O[C@@H]3O[C@H](C)C[C@H](N(C)c4ccccc4N(C)C)[C@H]3O)[C@@](C)(OC)C[C@@H](C)C(=O)[C@H](C)[C@@H](O)[C@@]3(O)C(C)[C@H]3OC(=O)[C@@H]2C)O[C@@H](C)[C@@H]1O. The van der Waals surface area contributed by atoms with Crippen molar-refractivity contribution in [2.45, 2.75) is 160 Å². The van der Waals surface area contributed by atoms with Gasteiger partial charge in [-0.25, -0.2) is 0 Å². The first-order valence-electron chi connectivity index (χ1n) is 20.9. The summed E-state index contributed by atoms with van der Waals surface area (Å²) in [5.41, 5.74) is -1.32. The average molecular weight is 839 g/mol. The van der Waals surface area contributed by atoms with Crippen molar-refractivity contribution in [1.29, 1.82) is 0 Å². The molecule has 0 radical (unpaired) electrons. The fraction of sp³-hybridized carbons (Fsp3) is 0.814. The van der Waals surface area contributed by atoms with E-state index in [0.29, 0.717) is 6.42 Å². The third kappa shape index (κ3) is 9.06. The van der Waals surface area contributed by atoms with Crippen LogP contribution in [0.4, 0.5) is 11.4 Å². The number of benzene rings is 1. The summed E-state index contributed by atoms with van der Waals surface area (Å²) in [7, 11) is 8.71. The van der Waals surface area contributed by atoms with E-state index in [9.17, 15) is 30.0 Å². The number of fused-ring (bicyclic) bond motifs is 1. The van der Waals surface area contributed by atoms with Gasteiger partial charge in [-0.15, -0.1) is 0 Å². The highest BCUT2D eigenvalue weighted by Crippen LogP contribution is 2.51. The number of para-hydroxylation sites is 2. The van der Waals surface area contributed by atoms with E-state index in [1.807, 2.05) is 62.1 Å². The number of anilines is 2. The van der Waals surface area contributed by atoms with Gasteiger partial charge in [0, 0.05) is 59.0 Å². The lowest BCUT2D eigenvalue weighted by molar-refractivity contribution is -0.454. The largest absolute Gasteiger partial charge is 0.458 e. The van der Waals surface area contributed by atoms with Gasteiger partial charge in [0.15, 0.2) is 12.1 Å². The molecule has 1 aliphatic carbocycles. The topological polar surface area (TPSA) is 195 Å². The molecule has 4 aliphatic rings. The van der Waals surface area contributed by atoms with E-state index in [0.717, 1.165) is 11.4 Å². The number of ether oxygens (including phenoxy) is 8. The summed E-state index contributed by atoms with van der Waals surface area (Å²) in [5.74, 6) is -6.96. The summed E-state index contributed by atoms with van der Waals surface area (Å²) >= 11 is 0. The van der Waals surface area contributed by atoms with E-state index >= 15 is 0 Å². The van der Waals surface area contributed by atoms with Crippen LogP contribution < -0.4 is 9.80 Å². The molecule has 3 aliphatic heterocycles. The van der Waals surface area contributed by atoms with Gasteiger partial charge >= 0.3 is 5.97 Å². The predicted octanol–water partition coefficient (Wildman–Crippen LogP) is 2.84. The molecule has 0 spiro atoms. The second-order valence-corrected chi connectivity index (χ2v) is 18.1. The third-order valence-electron chi connectivity index (χ3n) is 13.7. The predicted molar refractivity (Wildman–Crippen MR) is 216 cm³/mol. The zero-order chi connectivity index (χ0) is 44.1. The number of hydrogen-bond donors (Lipinski definition) is 4. The highest BCUT2D eigenvalue weighted by Gasteiger charge is 2.70. The van der Waals surface area contributed by atoms with Crippen LogP contribution in [0, 0.1) is 29.6 Å². The Kier molecular flexibility index (Phi) is 14.6. The Labute approximate surface area is 349 Å². The van der Waals surface area contributed by atoms with Gasteiger partial charge in [-0.2, -0.15) is 0 Å². The molecule has 16 heteroatoms. The smallest absolute Gasteiger partial charge is 0.311 e. The van der Waals surface area contributed by atoms with E-state index in [-0.39, 0.29) is 18.3 Å². The van der Waals surface area contributed by atoms with Crippen molar-refractivity contribution < 1.29 is 67.9 Å². The molecule has 3 heterocycles. The fourth-order valence-corrected chi connectivity index (χ4v) is 9.56. The molecule has 16 nitrogen and oxygen atoms in total. The molecule has 5 rings (SSSR count). The molecular formula is C43H70N2O14. The minimum Gasteiger partial charge on any atom is -0.458 e. The minimum absolute atomic E-state index is 0.0661. The van der Waals surface area contributed by atoms with Crippen molar-refractivity contribution in [2.75, 3.05) is 45.2 Å². The second-order valence-electron chi connectivity index (χ2n) is 18.1. The summed E-state index contributed by atoms with van der Waals surface area (Å²) in [6.45, 7) is 13.7. The molecule has 4 fully saturated rings. The van der Waals surface area contributed by atoms with Crippen molar-refractivity contribution >= 4 is 23.1 Å². The van der Waals surface area contributed by atoms with E-state index in [4.69, 9.17) is 37.9 Å². The zero-order valence-corrected chi connectivity index (χ0v) is 37.2. The van der Waals surface area contributed by atoms with Gasteiger partial charge in [-0.3, -0.25) is 14.3 Å². The number of nitrogens with zero attached hydrogens (tertiary/aromatic N) is 2. The number of likely N-dealkylation sites (N-methyl/N-ethyl adjacent to an activating group) is 1. The molecule has 1 unspecified atom stereocenters. The third-order valence-corrected chi connectivity index (χ3v) is 13.7. The Bertz CT molecular complexity index is 1620. The zero-order valence-electron chi connectivity index (χ0n) is 37.2. The Morgan fingerprint density at radius 1 is 0.831 bits per heavy atom. The number of carbonyl (C=O) groups is 2. The lowest BCUT2D eigenvalue weighted by Crippen LogP contribution is -2.61. The van der Waals surface area contributed by atoms with Gasteiger partial charge in [-0.1, -0.05) is 39.8 Å². The molecule has 1 aromatic carbocycles. The molecule has 1 saturated carbocycles. The summed E-state index contributed by atoms with van der Waals surface area (Å²) in [5, 5.41) is 46.2. The van der Waals surface area contributed by atoms with Gasteiger partial charge in [0.2, 0.25) is 0 Å². The number of esters is 1. The van der Waals surface area contributed by atoms with Crippen molar-refractivity contribution in [1.82, 2.24) is 0 Å². The van der Waals surface area contributed by atoms with Crippen LogP contribution in [0.5, 0.6) is 0 Å². The van der Waals surface area contributed by atoms with Gasteiger partial charge in [0.05, 0.1) is 59.5 Å². The summed E-state index contributed by atoms with van der Waals surface area (Å²) in [6, 6.07) is 7.44. The molecule has 59 heavy (non-hydrogen) atoms. The van der Waals surface area contributed by atoms with Crippen LogP contribution >= 0.6 is 0 Å². The second kappa shape index (κ2) is 18.1. The van der Waals surface area contributed by atoms with Crippen molar-refractivity contribution in [3.05, 3.63) is 24.3 Å².